The van der Waals surface area contributed by atoms with Gasteiger partial charge in [0.25, 0.3) is 0 Å². The van der Waals surface area contributed by atoms with Gasteiger partial charge >= 0.3 is 5.97 Å². The number of sulfonamides is 1. The van der Waals surface area contributed by atoms with Crippen LogP contribution >= 0.6 is 15.9 Å². The lowest BCUT2D eigenvalue weighted by Gasteiger charge is -2.05. The van der Waals surface area contributed by atoms with Gasteiger partial charge in [0, 0.05) is 16.2 Å². The zero-order valence-electron chi connectivity index (χ0n) is 12.3. The third-order valence-electron chi connectivity index (χ3n) is 3.33. The number of hydrogen-bond acceptors (Lipinski definition) is 6. The molecule has 0 spiro atoms. The van der Waals surface area contributed by atoms with E-state index in [0.717, 1.165) is 0 Å². The molecule has 0 amide bonds. The highest BCUT2D eigenvalue weighted by Gasteiger charge is 2.16. The second-order valence-corrected chi connectivity index (χ2v) is 7.48. The first kappa shape index (κ1) is 17.2. The Hall–Kier alpha value is -2.63. The van der Waals surface area contributed by atoms with Crippen LogP contribution in [-0.2, 0) is 10.0 Å². The van der Waals surface area contributed by atoms with E-state index >= 15 is 0 Å². The third-order valence-corrected chi connectivity index (χ3v) is 5.20. The third kappa shape index (κ3) is 3.43. The summed E-state index contributed by atoms with van der Waals surface area (Å²) in [5.74, 6) is -1.36. The number of rotatable bonds is 4. The van der Waals surface area contributed by atoms with Crippen LogP contribution in [0.5, 0.6) is 5.75 Å². The highest BCUT2D eigenvalue weighted by atomic mass is 79.9. The molecule has 0 bridgehead atoms. The van der Waals surface area contributed by atoms with Gasteiger partial charge in [-0.15, -0.1) is 0 Å². The molecule has 0 aliphatic heterocycles. The molecule has 11 heteroatoms. The first-order chi connectivity index (χ1) is 11.6. The van der Waals surface area contributed by atoms with Crippen molar-refractivity contribution in [1.29, 1.82) is 0 Å². The number of carbonyl (C=O) groups is 1. The summed E-state index contributed by atoms with van der Waals surface area (Å²) in [5, 5.41) is 26.6. The molecule has 25 heavy (non-hydrogen) atoms. The van der Waals surface area contributed by atoms with Crippen LogP contribution in [0.2, 0.25) is 0 Å². The van der Waals surface area contributed by atoms with E-state index in [1.54, 1.807) is 0 Å². The molecule has 0 radical (unpaired) electrons. The number of H-pyrrole nitrogens is 1. The number of benzene rings is 2. The van der Waals surface area contributed by atoms with E-state index in [4.69, 9.17) is 10.2 Å². The van der Waals surface area contributed by atoms with E-state index in [-0.39, 0.29) is 20.9 Å². The minimum absolute atomic E-state index is 0.0846. The number of aromatic hydroxyl groups is 1. The number of halogens is 1. The molecule has 130 valence electrons. The standard InChI is InChI=1S/C14H11BrN4O5S/c15-8-4-9-10(5-12(8)25(16,23)24)19-14(18-9)17-6-1-2-7(13(21)22)11(20)3-6/h1-5,20H,(H,21,22)(H2,16,23,24)(H2,17,18,19). The molecule has 0 aliphatic carbocycles. The maximum Gasteiger partial charge on any atom is 0.339 e. The Kier molecular flexibility index (Phi) is 4.14. The van der Waals surface area contributed by atoms with Gasteiger partial charge in [0.1, 0.15) is 11.3 Å². The molecule has 0 atom stereocenters. The average Bonchev–Trinajstić information content (AvgIpc) is 2.86. The first-order valence-electron chi connectivity index (χ1n) is 6.70. The lowest BCUT2D eigenvalue weighted by Crippen LogP contribution is -2.12. The summed E-state index contributed by atoms with van der Waals surface area (Å²) in [7, 11) is -3.90. The Balaban J connectivity index is 1.98. The molecule has 6 N–H and O–H groups in total. The fourth-order valence-corrected chi connectivity index (χ4v) is 3.84. The number of nitrogens with two attached hydrogens (primary N) is 1. The van der Waals surface area contributed by atoms with Crippen LogP contribution < -0.4 is 10.5 Å². The minimum atomic E-state index is -3.90. The van der Waals surface area contributed by atoms with Gasteiger partial charge in [-0.3, -0.25) is 0 Å². The van der Waals surface area contributed by atoms with Gasteiger partial charge in [0.2, 0.25) is 16.0 Å². The molecule has 0 unspecified atom stereocenters. The largest absolute Gasteiger partial charge is 0.507 e. The lowest BCUT2D eigenvalue weighted by atomic mass is 10.2. The quantitative estimate of drug-likeness (QED) is 0.427. The zero-order valence-corrected chi connectivity index (χ0v) is 14.7. The number of hydrogen-bond donors (Lipinski definition) is 5. The maximum atomic E-state index is 11.5. The second kappa shape index (κ2) is 6.02. The Morgan fingerprint density at radius 2 is 2.00 bits per heavy atom. The van der Waals surface area contributed by atoms with Gasteiger partial charge in [-0.2, -0.15) is 0 Å². The summed E-state index contributed by atoms with van der Waals surface area (Å²) >= 11 is 3.14. The highest BCUT2D eigenvalue weighted by Crippen LogP contribution is 2.28. The topological polar surface area (TPSA) is 158 Å². The molecule has 0 saturated carbocycles. The molecule has 0 aliphatic rings. The number of anilines is 2. The van der Waals surface area contributed by atoms with Gasteiger partial charge in [0.15, 0.2) is 0 Å². The Morgan fingerprint density at radius 3 is 2.60 bits per heavy atom. The number of primary sulfonamides is 1. The van der Waals surface area contributed by atoms with Gasteiger partial charge < -0.3 is 20.5 Å². The predicted octanol–water partition coefficient (Wildman–Crippen LogP) is 2.12. The summed E-state index contributed by atoms with van der Waals surface area (Å²) < 4.78 is 23.4. The van der Waals surface area contributed by atoms with Crippen LogP contribution in [0.15, 0.2) is 39.7 Å². The molecule has 3 rings (SSSR count). The van der Waals surface area contributed by atoms with Crippen molar-refractivity contribution < 1.29 is 23.4 Å². The summed E-state index contributed by atoms with van der Waals surface area (Å²) in [6.45, 7) is 0. The number of aromatic amines is 1. The Labute approximate surface area is 149 Å². The van der Waals surface area contributed by atoms with E-state index in [2.05, 4.69) is 31.2 Å². The van der Waals surface area contributed by atoms with Crippen molar-refractivity contribution in [2.75, 3.05) is 5.32 Å². The summed E-state index contributed by atoms with van der Waals surface area (Å²) in [4.78, 5) is 17.9. The lowest BCUT2D eigenvalue weighted by molar-refractivity contribution is 0.0694. The molecule has 3 aromatic rings. The van der Waals surface area contributed by atoms with E-state index in [1.165, 1.54) is 30.3 Å². The number of imidazole rings is 1. The minimum Gasteiger partial charge on any atom is -0.507 e. The van der Waals surface area contributed by atoms with Crippen LogP contribution in [0.3, 0.4) is 0 Å². The van der Waals surface area contributed by atoms with Crippen LogP contribution in [0.4, 0.5) is 11.6 Å². The number of aromatic nitrogens is 2. The van der Waals surface area contributed by atoms with Crippen molar-refractivity contribution in [3.63, 3.8) is 0 Å². The van der Waals surface area contributed by atoms with E-state index in [1.807, 2.05) is 0 Å². The van der Waals surface area contributed by atoms with E-state index in [9.17, 15) is 18.3 Å². The van der Waals surface area contributed by atoms with Gasteiger partial charge in [-0.1, -0.05) is 0 Å². The van der Waals surface area contributed by atoms with Crippen molar-refractivity contribution in [3.05, 3.63) is 40.4 Å². The first-order valence-corrected chi connectivity index (χ1v) is 9.04. The molecule has 9 nitrogen and oxygen atoms in total. The van der Waals surface area contributed by atoms with Crippen molar-refractivity contribution in [2.24, 2.45) is 5.14 Å². The van der Waals surface area contributed by atoms with Crippen molar-refractivity contribution in [3.8, 4) is 5.75 Å². The zero-order chi connectivity index (χ0) is 18.4. The SMILES string of the molecule is NS(=O)(=O)c1cc2[nH]c(Nc3ccc(C(=O)O)c(O)c3)nc2cc1Br. The summed E-state index contributed by atoms with van der Waals surface area (Å²) in [5.41, 5.74) is 1.08. The number of nitrogens with zero attached hydrogens (tertiary/aromatic N) is 1. The van der Waals surface area contributed by atoms with Crippen LogP contribution in [-0.4, -0.2) is 34.6 Å². The van der Waals surface area contributed by atoms with Gasteiger partial charge in [-0.05, 0) is 40.2 Å². The molecule has 2 aromatic carbocycles. The van der Waals surface area contributed by atoms with Crippen LogP contribution in [0.1, 0.15) is 10.4 Å². The summed E-state index contributed by atoms with van der Waals surface area (Å²) in [6.07, 6.45) is 0. The fourth-order valence-electron chi connectivity index (χ4n) is 2.22. The molecule has 0 saturated heterocycles. The van der Waals surface area contributed by atoms with Crippen molar-refractivity contribution >= 4 is 54.6 Å². The molecule has 1 aromatic heterocycles. The van der Waals surface area contributed by atoms with Crippen LogP contribution in [0, 0.1) is 0 Å². The van der Waals surface area contributed by atoms with E-state index in [0.29, 0.717) is 16.7 Å². The Morgan fingerprint density at radius 1 is 1.28 bits per heavy atom. The Bertz CT molecular complexity index is 1110. The highest BCUT2D eigenvalue weighted by molar-refractivity contribution is 9.10. The monoisotopic (exact) mass is 426 g/mol. The molecular weight excluding hydrogens is 416 g/mol. The predicted molar refractivity (Wildman–Crippen MR) is 93.5 cm³/mol. The van der Waals surface area contributed by atoms with Crippen LogP contribution in [0.25, 0.3) is 11.0 Å². The number of fused-ring (bicyclic) bond motifs is 1. The number of phenols is 1. The fraction of sp³-hybridized carbons (Fsp3) is 0. The molecular formula is C14H11BrN4O5S. The number of carboxylic acid groups (broad SMARTS) is 1. The second-order valence-electron chi connectivity index (χ2n) is 5.09. The number of aromatic carboxylic acids is 1. The van der Waals surface area contributed by atoms with Gasteiger partial charge in [-0.25, -0.2) is 23.3 Å². The summed E-state index contributed by atoms with van der Waals surface area (Å²) in [6, 6.07) is 6.79. The normalized spacial score (nSPS) is 11.6. The molecule has 1 heterocycles. The van der Waals surface area contributed by atoms with Crippen molar-refractivity contribution in [1.82, 2.24) is 9.97 Å². The van der Waals surface area contributed by atoms with Crippen molar-refractivity contribution in [2.45, 2.75) is 4.90 Å². The average molecular weight is 427 g/mol. The molecule has 0 fully saturated rings. The smallest absolute Gasteiger partial charge is 0.339 e. The van der Waals surface area contributed by atoms with E-state index < -0.39 is 21.7 Å². The van der Waals surface area contributed by atoms with Gasteiger partial charge in [0.05, 0.1) is 15.9 Å². The maximum absolute atomic E-state index is 11.5. The number of nitrogens with one attached hydrogen (secondary N) is 2. The number of carboxylic acids is 1.